The van der Waals surface area contributed by atoms with Crippen LogP contribution in [0.15, 0.2) is 18.2 Å². The number of urea groups is 1. The van der Waals surface area contributed by atoms with Crippen LogP contribution >= 0.6 is 11.6 Å². The van der Waals surface area contributed by atoms with Gasteiger partial charge < -0.3 is 20.5 Å². The number of nitrogens with one attached hydrogen (secondary N) is 2. The molecule has 1 unspecified atom stereocenters. The van der Waals surface area contributed by atoms with Gasteiger partial charge >= 0.3 is 6.03 Å². The minimum absolute atomic E-state index is 0.0211. The van der Waals surface area contributed by atoms with Crippen molar-refractivity contribution in [2.75, 3.05) is 19.8 Å². The molecule has 22 heavy (non-hydrogen) atoms. The van der Waals surface area contributed by atoms with Crippen molar-refractivity contribution in [3.63, 3.8) is 0 Å². The van der Waals surface area contributed by atoms with Crippen LogP contribution in [0.25, 0.3) is 0 Å². The first-order valence-corrected chi connectivity index (χ1v) is 8.04. The monoisotopic (exact) mass is 324 g/mol. The third-order valence-electron chi connectivity index (χ3n) is 4.87. The second-order valence-electron chi connectivity index (χ2n) is 6.19. The zero-order valence-corrected chi connectivity index (χ0v) is 13.2. The number of phenols is 1. The molecule has 120 valence electrons. The second-order valence-corrected chi connectivity index (χ2v) is 6.59. The van der Waals surface area contributed by atoms with Gasteiger partial charge in [-0.3, -0.25) is 0 Å². The van der Waals surface area contributed by atoms with E-state index in [1.807, 2.05) is 0 Å². The number of hydrogen-bond donors (Lipinski definition) is 3. The molecule has 1 saturated carbocycles. The fourth-order valence-electron chi connectivity index (χ4n) is 3.27. The lowest BCUT2D eigenvalue weighted by Gasteiger charge is -2.23. The lowest BCUT2D eigenvalue weighted by Crippen LogP contribution is -2.37. The SMILES string of the molecule is O=C(NCc1cccc(Cl)c1O)NCC1CC12CCOCC2. The molecule has 1 aliphatic heterocycles. The maximum absolute atomic E-state index is 11.9. The van der Waals surface area contributed by atoms with Crippen molar-refractivity contribution in [3.05, 3.63) is 28.8 Å². The molecule has 1 saturated heterocycles. The third kappa shape index (κ3) is 3.31. The highest BCUT2D eigenvalue weighted by atomic mass is 35.5. The summed E-state index contributed by atoms with van der Waals surface area (Å²) in [6, 6.07) is 4.88. The number of ether oxygens (including phenoxy) is 1. The first-order valence-electron chi connectivity index (χ1n) is 7.66. The van der Waals surface area contributed by atoms with Crippen molar-refractivity contribution >= 4 is 17.6 Å². The number of para-hydroxylation sites is 1. The molecule has 6 heteroatoms. The topological polar surface area (TPSA) is 70.6 Å². The molecule has 0 bridgehead atoms. The number of halogens is 1. The van der Waals surface area contributed by atoms with E-state index in [9.17, 15) is 9.90 Å². The summed E-state index contributed by atoms with van der Waals surface area (Å²) in [5.74, 6) is 0.592. The summed E-state index contributed by atoms with van der Waals surface area (Å²) in [5, 5.41) is 15.7. The van der Waals surface area contributed by atoms with Crippen molar-refractivity contribution < 1.29 is 14.6 Å². The van der Waals surface area contributed by atoms with E-state index in [-0.39, 0.29) is 18.3 Å². The third-order valence-corrected chi connectivity index (χ3v) is 5.17. The highest BCUT2D eigenvalue weighted by Crippen LogP contribution is 2.58. The Morgan fingerprint density at radius 2 is 2.14 bits per heavy atom. The Bertz CT molecular complexity index is 558. The Labute approximate surface area is 135 Å². The molecular weight excluding hydrogens is 304 g/mol. The summed E-state index contributed by atoms with van der Waals surface area (Å²) in [4.78, 5) is 11.9. The number of hydrogen-bond acceptors (Lipinski definition) is 3. The summed E-state index contributed by atoms with van der Waals surface area (Å²) < 4.78 is 5.39. The van der Waals surface area contributed by atoms with E-state index >= 15 is 0 Å². The van der Waals surface area contributed by atoms with Gasteiger partial charge in [-0.15, -0.1) is 0 Å². The smallest absolute Gasteiger partial charge is 0.315 e. The van der Waals surface area contributed by atoms with Crippen LogP contribution in [0.1, 0.15) is 24.8 Å². The van der Waals surface area contributed by atoms with E-state index in [4.69, 9.17) is 16.3 Å². The summed E-state index contributed by atoms with van der Waals surface area (Å²) >= 11 is 5.83. The highest BCUT2D eigenvalue weighted by molar-refractivity contribution is 6.32. The van der Waals surface area contributed by atoms with Gasteiger partial charge in [0.2, 0.25) is 0 Å². The molecule has 0 aromatic heterocycles. The van der Waals surface area contributed by atoms with Crippen LogP contribution in [0.2, 0.25) is 5.02 Å². The Morgan fingerprint density at radius 3 is 2.91 bits per heavy atom. The molecule has 1 aromatic carbocycles. The summed E-state index contributed by atoms with van der Waals surface area (Å²) in [5.41, 5.74) is 1.02. The van der Waals surface area contributed by atoms with E-state index in [0.717, 1.165) is 26.1 Å². The van der Waals surface area contributed by atoms with Crippen LogP contribution < -0.4 is 10.6 Å². The van der Waals surface area contributed by atoms with Crippen molar-refractivity contribution in [1.82, 2.24) is 10.6 Å². The van der Waals surface area contributed by atoms with Crippen LogP contribution in [0.5, 0.6) is 5.75 Å². The average molecular weight is 325 g/mol. The first-order chi connectivity index (χ1) is 10.6. The molecular formula is C16H21ClN2O3. The number of aromatic hydroxyl groups is 1. The molecule has 1 heterocycles. The molecule has 2 amide bonds. The lowest BCUT2D eigenvalue weighted by molar-refractivity contribution is 0.0521. The van der Waals surface area contributed by atoms with Crippen molar-refractivity contribution in [1.29, 1.82) is 0 Å². The van der Waals surface area contributed by atoms with E-state index in [0.29, 0.717) is 28.5 Å². The number of carbonyl (C=O) groups is 1. The molecule has 1 aliphatic carbocycles. The highest BCUT2D eigenvalue weighted by Gasteiger charge is 2.53. The maximum Gasteiger partial charge on any atom is 0.315 e. The molecule has 1 atom stereocenters. The number of phenolic OH excluding ortho intramolecular Hbond substituents is 1. The summed E-state index contributed by atoms with van der Waals surface area (Å²) in [6.07, 6.45) is 3.40. The molecule has 2 aliphatic rings. The van der Waals surface area contributed by atoms with Gasteiger partial charge in [0.05, 0.1) is 5.02 Å². The van der Waals surface area contributed by atoms with Gasteiger partial charge in [-0.2, -0.15) is 0 Å². The Hall–Kier alpha value is -1.46. The van der Waals surface area contributed by atoms with Gasteiger partial charge in [-0.05, 0) is 36.7 Å². The molecule has 0 radical (unpaired) electrons. The number of benzene rings is 1. The molecule has 1 aromatic rings. The van der Waals surface area contributed by atoms with Gasteiger partial charge in [0.1, 0.15) is 5.75 Å². The van der Waals surface area contributed by atoms with Crippen LogP contribution in [-0.2, 0) is 11.3 Å². The summed E-state index contributed by atoms with van der Waals surface area (Å²) in [7, 11) is 0. The van der Waals surface area contributed by atoms with E-state index in [1.165, 1.54) is 6.42 Å². The van der Waals surface area contributed by atoms with Crippen molar-refractivity contribution in [2.24, 2.45) is 11.3 Å². The fraction of sp³-hybridized carbons (Fsp3) is 0.562. The predicted octanol–water partition coefficient (Wildman–Crippen LogP) is 2.66. The Balaban J connectivity index is 1.41. The quantitative estimate of drug-likeness (QED) is 0.797. The maximum atomic E-state index is 11.9. The predicted molar refractivity (Wildman–Crippen MR) is 83.9 cm³/mol. The zero-order chi connectivity index (χ0) is 15.6. The minimum Gasteiger partial charge on any atom is -0.506 e. The number of rotatable bonds is 4. The van der Waals surface area contributed by atoms with E-state index in [1.54, 1.807) is 18.2 Å². The zero-order valence-electron chi connectivity index (χ0n) is 12.4. The van der Waals surface area contributed by atoms with E-state index in [2.05, 4.69) is 10.6 Å². The van der Waals surface area contributed by atoms with Gasteiger partial charge in [0, 0.05) is 31.9 Å². The largest absolute Gasteiger partial charge is 0.506 e. The summed E-state index contributed by atoms with van der Waals surface area (Å²) in [6.45, 7) is 2.64. The second kappa shape index (κ2) is 6.34. The molecule has 2 fully saturated rings. The van der Waals surface area contributed by atoms with Crippen LogP contribution in [-0.4, -0.2) is 30.9 Å². The van der Waals surface area contributed by atoms with Gasteiger partial charge in [-0.1, -0.05) is 23.7 Å². The van der Waals surface area contributed by atoms with Crippen LogP contribution in [0.4, 0.5) is 4.79 Å². The number of amides is 2. The molecule has 3 N–H and O–H groups in total. The van der Waals surface area contributed by atoms with Crippen molar-refractivity contribution in [2.45, 2.75) is 25.8 Å². The first kappa shape index (κ1) is 15.4. The van der Waals surface area contributed by atoms with Gasteiger partial charge in [0.15, 0.2) is 0 Å². The fourth-order valence-corrected chi connectivity index (χ4v) is 3.46. The van der Waals surface area contributed by atoms with Crippen LogP contribution in [0, 0.1) is 11.3 Å². The van der Waals surface area contributed by atoms with Crippen molar-refractivity contribution in [3.8, 4) is 5.75 Å². The van der Waals surface area contributed by atoms with Crippen LogP contribution in [0.3, 0.4) is 0 Å². The minimum atomic E-state index is -0.214. The standard InChI is InChI=1S/C16H21ClN2O3/c17-13-3-1-2-11(14(13)20)9-18-15(21)19-10-12-8-16(12)4-6-22-7-5-16/h1-3,12,20H,4-10H2,(H2,18,19,21). The Kier molecular flexibility index (Phi) is 4.45. The lowest BCUT2D eigenvalue weighted by atomic mass is 9.94. The molecule has 1 spiro atoms. The molecule has 5 nitrogen and oxygen atoms in total. The average Bonchev–Trinajstić information content (AvgIpc) is 3.19. The van der Waals surface area contributed by atoms with Gasteiger partial charge in [0.25, 0.3) is 0 Å². The van der Waals surface area contributed by atoms with E-state index < -0.39 is 0 Å². The Morgan fingerprint density at radius 1 is 1.36 bits per heavy atom. The normalized spacial score (nSPS) is 22.3. The molecule has 3 rings (SSSR count). The van der Waals surface area contributed by atoms with Gasteiger partial charge in [-0.25, -0.2) is 4.79 Å². The number of carbonyl (C=O) groups excluding carboxylic acids is 1.